The molecule has 142 valence electrons. The third-order valence-electron chi connectivity index (χ3n) is 5.18. The second-order valence-corrected chi connectivity index (χ2v) is 6.91. The van der Waals surface area contributed by atoms with Crippen molar-refractivity contribution in [2.75, 3.05) is 47.9 Å². The van der Waals surface area contributed by atoms with Crippen molar-refractivity contribution in [1.82, 2.24) is 4.98 Å². The predicted molar refractivity (Wildman–Crippen MR) is 114 cm³/mol. The quantitative estimate of drug-likeness (QED) is 0.700. The Labute approximate surface area is 165 Å². The molecular weight excluding hydrogens is 348 g/mol. The highest BCUT2D eigenvalue weighted by molar-refractivity contribution is 6.04. The van der Waals surface area contributed by atoms with E-state index >= 15 is 0 Å². The Balaban J connectivity index is 1.39. The molecule has 3 aromatic rings. The van der Waals surface area contributed by atoms with Gasteiger partial charge in [-0.25, -0.2) is 4.98 Å². The van der Waals surface area contributed by atoms with E-state index in [-0.39, 0.29) is 5.91 Å². The van der Waals surface area contributed by atoms with Gasteiger partial charge in [0.2, 0.25) is 0 Å². The fourth-order valence-corrected chi connectivity index (χ4v) is 3.50. The van der Waals surface area contributed by atoms with E-state index in [9.17, 15) is 4.79 Å². The number of rotatable bonds is 4. The van der Waals surface area contributed by atoms with Crippen molar-refractivity contribution in [1.29, 1.82) is 0 Å². The smallest absolute Gasteiger partial charge is 0.276 e. The summed E-state index contributed by atoms with van der Waals surface area (Å²) in [5.74, 6) is -0.105. The van der Waals surface area contributed by atoms with Crippen molar-refractivity contribution in [3.05, 3.63) is 84.7 Å². The molecule has 2 aromatic carbocycles. The maximum Gasteiger partial charge on any atom is 0.276 e. The van der Waals surface area contributed by atoms with Crippen LogP contribution in [-0.2, 0) is 0 Å². The van der Waals surface area contributed by atoms with Gasteiger partial charge in [-0.05, 0) is 36.4 Å². The molecule has 0 bridgehead atoms. The summed E-state index contributed by atoms with van der Waals surface area (Å²) in [6.07, 6.45) is 1.81. The van der Waals surface area contributed by atoms with E-state index in [1.807, 2.05) is 54.7 Å². The highest BCUT2D eigenvalue weighted by atomic mass is 16.2. The zero-order valence-electron chi connectivity index (χ0n) is 16.0. The molecule has 1 aliphatic heterocycles. The van der Waals surface area contributed by atoms with Gasteiger partial charge in [-0.3, -0.25) is 4.79 Å². The van der Waals surface area contributed by atoms with Gasteiger partial charge in [0.1, 0.15) is 5.69 Å². The van der Waals surface area contributed by atoms with Gasteiger partial charge in [-0.2, -0.15) is 0 Å². The van der Waals surface area contributed by atoms with Crippen LogP contribution in [0.25, 0.3) is 0 Å². The van der Waals surface area contributed by atoms with Crippen LogP contribution in [0.1, 0.15) is 10.5 Å². The first-order valence-electron chi connectivity index (χ1n) is 9.56. The molecule has 1 saturated heterocycles. The summed E-state index contributed by atoms with van der Waals surface area (Å²) in [6, 6.07) is 23.9. The van der Waals surface area contributed by atoms with E-state index in [2.05, 4.69) is 39.0 Å². The molecule has 0 N–H and O–H groups in total. The number of carbonyl (C=O) groups excluding carboxylic acids is 1. The minimum absolute atomic E-state index is 0.105. The number of carbonyl (C=O) groups is 1. The van der Waals surface area contributed by atoms with E-state index in [4.69, 9.17) is 0 Å². The molecule has 1 aromatic heterocycles. The highest BCUT2D eigenvalue weighted by Crippen LogP contribution is 2.21. The van der Waals surface area contributed by atoms with Crippen molar-refractivity contribution < 1.29 is 4.79 Å². The van der Waals surface area contributed by atoms with Crippen LogP contribution in [0.3, 0.4) is 0 Å². The van der Waals surface area contributed by atoms with Crippen LogP contribution in [0.5, 0.6) is 0 Å². The largest absolute Gasteiger partial charge is 0.368 e. The van der Waals surface area contributed by atoms with Crippen molar-refractivity contribution in [3.8, 4) is 0 Å². The SMILES string of the molecule is CN(C(=O)c1ccc(N2CCN(c3ccccc3)CC2)cn1)c1ccccc1. The Bertz CT molecular complexity index is 904. The van der Waals surface area contributed by atoms with Crippen molar-refractivity contribution >= 4 is 23.0 Å². The topological polar surface area (TPSA) is 39.7 Å². The number of nitrogens with zero attached hydrogens (tertiary/aromatic N) is 4. The number of hydrogen-bond acceptors (Lipinski definition) is 4. The predicted octanol–water partition coefficient (Wildman–Crippen LogP) is 3.68. The second kappa shape index (κ2) is 8.13. The van der Waals surface area contributed by atoms with Gasteiger partial charge in [0.25, 0.3) is 5.91 Å². The lowest BCUT2D eigenvalue weighted by Crippen LogP contribution is -2.46. The molecule has 1 amide bonds. The number of pyridine rings is 1. The van der Waals surface area contributed by atoms with Crippen LogP contribution in [0, 0.1) is 0 Å². The summed E-state index contributed by atoms with van der Waals surface area (Å²) in [4.78, 5) is 23.5. The Kier molecular flexibility index (Phi) is 5.24. The Morgan fingerprint density at radius 3 is 1.93 bits per heavy atom. The van der Waals surface area contributed by atoms with Crippen molar-refractivity contribution in [3.63, 3.8) is 0 Å². The van der Waals surface area contributed by atoms with Crippen LogP contribution in [0.2, 0.25) is 0 Å². The zero-order valence-corrected chi connectivity index (χ0v) is 16.0. The van der Waals surface area contributed by atoms with Gasteiger partial charge >= 0.3 is 0 Å². The minimum Gasteiger partial charge on any atom is -0.368 e. The number of para-hydroxylation sites is 2. The molecule has 0 unspecified atom stereocenters. The van der Waals surface area contributed by atoms with Crippen LogP contribution in [0.4, 0.5) is 17.1 Å². The molecule has 4 rings (SSSR count). The molecule has 5 nitrogen and oxygen atoms in total. The molecule has 5 heteroatoms. The Hall–Kier alpha value is -3.34. The first-order valence-corrected chi connectivity index (χ1v) is 9.56. The molecular formula is C23H24N4O. The highest BCUT2D eigenvalue weighted by Gasteiger charge is 2.19. The monoisotopic (exact) mass is 372 g/mol. The maximum atomic E-state index is 12.7. The number of amides is 1. The van der Waals surface area contributed by atoms with E-state index < -0.39 is 0 Å². The number of aromatic nitrogens is 1. The van der Waals surface area contributed by atoms with Crippen LogP contribution >= 0.6 is 0 Å². The molecule has 0 radical (unpaired) electrons. The molecule has 0 aliphatic carbocycles. The normalized spacial score (nSPS) is 14.0. The molecule has 1 aliphatic rings. The number of anilines is 3. The lowest BCUT2D eigenvalue weighted by molar-refractivity contribution is 0.0988. The third-order valence-corrected chi connectivity index (χ3v) is 5.18. The lowest BCUT2D eigenvalue weighted by atomic mass is 10.2. The van der Waals surface area contributed by atoms with Gasteiger partial charge in [0.05, 0.1) is 11.9 Å². The molecule has 0 spiro atoms. The van der Waals surface area contributed by atoms with E-state index in [0.29, 0.717) is 5.69 Å². The van der Waals surface area contributed by atoms with Gasteiger partial charge in [0, 0.05) is 44.6 Å². The Morgan fingerprint density at radius 1 is 0.786 bits per heavy atom. The van der Waals surface area contributed by atoms with Gasteiger partial charge in [0.15, 0.2) is 0 Å². The molecule has 0 saturated carbocycles. The number of benzene rings is 2. The summed E-state index contributed by atoms with van der Waals surface area (Å²) >= 11 is 0. The van der Waals surface area contributed by atoms with Crippen LogP contribution < -0.4 is 14.7 Å². The van der Waals surface area contributed by atoms with E-state index in [0.717, 1.165) is 37.6 Å². The average Bonchev–Trinajstić information content (AvgIpc) is 2.79. The van der Waals surface area contributed by atoms with E-state index in [1.165, 1.54) is 5.69 Å². The van der Waals surface area contributed by atoms with Gasteiger partial charge < -0.3 is 14.7 Å². The van der Waals surface area contributed by atoms with Gasteiger partial charge in [-0.1, -0.05) is 36.4 Å². The van der Waals surface area contributed by atoms with Crippen LogP contribution in [-0.4, -0.2) is 44.1 Å². The third kappa shape index (κ3) is 3.83. The van der Waals surface area contributed by atoms with E-state index in [1.54, 1.807) is 11.9 Å². The molecule has 1 fully saturated rings. The average molecular weight is 372 g/mol. The molecule has 0 atom stereocenters. The maximum absolute atomic E-state index is 12.7. The number of piperazine rings is 1. The fourth-order valence-electron chi connectivity index (χ4n) is 3.50. The second-order valence-electron chi connectivity index (χ2n) is 6.91. The number of hydrogen-bond donors (Lipinski definition) is 0. The molecule has 28 heavy (non-hydrogen) atoms. The lowest BCUT2D eigenvalue weighted by Gasteiger charge is -2.37. The van der Waals surface area contributed by atoms with Gasteiger partial charge in [-0.15, -0.1) is 0 Å². The summed E-state index contributed by atoms with van der Waals surface area (Å²) in [5, 5.41) is 0. The zero-order chi connectivity index (χ0) is 19.3. The standard InChI is InChI=1S/C23H24N4O/c1-25(19-8-4-2-5-9-19)23(28)22-13-12-21(18-24-22)27-16-14-26(15-17-27)20-10-6-3-7-11-20/h2-13,18H,14-17H2,1H3. The van der Waals surface area contributed by atoms with Crippen molar-refractivity contribution in [2.45, 2.75) is 0 Å². The van der Waals surface area contributed by atoms with Crippen molar-refractivity contribution in [2.24, 2.45) is 0 Å². The summed E-state index contributed by atoms with van der Waals surface area (Å²) < 4.78 is 0. The minimum atomic E-state index is -0.105. The fraction of sp³-hybridized carbons (Fsp3) is 0.217. The first-order chi connectivity index (χ1) is 13.7. The molecule has 2 heterocycles. The Morgan fingerprint density at radius 2 is 1.36 bits per heavy atom. The summed E-state index contributed by atoms with van der Waals surface area (Å²) in [7, 11) is 1.77. The van der Waals surface area contributed by atoms with Crippen LogP contribution in [0.15, 0.2) is 79.0 Å². The first kappa shape index (κ1) is 18.0. The summed E-state index contributed by atoms with van der Waals surface area (Å²) in [6.45, 7) is 3.82. The summed E-state index contributed by atoms with van der Waals surface area (Å²) in [5.41, 5.74) is 3.64.